The molecule has 1 heterocycles. The van der Waals surface area contributed by atoms with Gasteiger partial charge < -0.3 is 0 Å². The monoisotopic (exact) mass is 554 g/mol. The molecule has 2 fully saturated rings. The average Bonchev–Trinajstić information content (AvgIpc) is 3.09. The second-order valence-electron chi connectivity index (χ2n) is 8.62. The number of hydrogen-bond acceptors (Lipinski definition) is 4. The standard InChI is InChI=1S/C25H22Cl4N2O4/c26-12-11-21(22(32)14-5-7-15(27)8-6-14)30(25(35)19-10-9-16(28)13-20(19)29)31-23(33)17-3-1-2-4-18(17)24(31)34/h5-10,13,17-18,21H,1-4,11-12H2/t17-,18-,21-/m0/s1. The van der Waals surface area contributed by atoms with Gasteiger partial charge in [0, 0.05) is 21.5 Å². The number of halogens is 4. The van der Waals surface area contributed by atoms with Crippen molar-refractivity contribution in [2.24, 2.45) is 11.8 Å². The molecule has 0 N–H and O–H groups in total. The minimum absolute atomic E-state index is 0.00516. The second-order valence-corrected chi connectivity index (χ2v) is 10.3. The van der Waals surface area contributed by atoms with Gasteiger partial charge in [-0.1, -0.05) is 47.6 Å². The molecule has 2 aliphatic rings. The van der Waals surface area contributed by atoms with Crippen LogP contribution < -0.4 is 0 Å². The molecule has 0 unspecified atom stereocenters. The highest BCUT2D eigenvalue weighted by Crippen LogP contribution is 2.40. The van der Waals surface area contributed by atoms with Gasteiger partial charge in [0.05, 0.1) is 22.4 Å². The van der Waals surface area contributed by atoms with Crippen molar-refractivity contribution in [3.05, 3.63) is 68.7 Å². The fraction of sp³-hybridized carbons (Fsp3) is 0.360. The SMILES string of the molecule is O=C(c1ccc(Cl)cc1)[C@H](CCCl)N(C(=O)c1ccc(Cl)cc1Cl)N1C(=O)[C@H]2CCCC[C@@H]2C1=O. The Hall–Kier alpha value is -2.12. The Morgan fingerprint density at radius 2 is 1.49 bits per heavy atom. The van der Waals surface area contributed by atoms with E-state index in [1.807, 2.05) is 0 Å². The Morgan fingerprint density at radius 3 is 2.03 bits per heavy atom. The lowest BCUT2D eigenvalue weighted by molar-refractivity contribution is -0.156. The first-order chi connectivity index (χ1) is 16.7. The van der Waals surface area contributed by atoms with Crippen molar-refractivity contribution in [3.8, 4) is 0 Å². The summed E-state index contributed by atoms with van der Waals surface area (Å²) < 4.78 is 0. The van der Waals surface area contributed by atoms with Gasteiger partial charge in [0.2, 0.25) is 0 Å². The van der Waals surface area contributed by atoms with E-state index in [1.165, 1.54) is 30.3 Å². The van der Waals surface area contributed by atoms with Crippen LogP contribution in [0.1, 0.15) is 52.8 Å². The highest BCUT2D eigenvalue weighted by Gasteiger charge is 2.53. The van der Waals surface area contributed by atoms with E-state index in [1.54, 1.807) is 12.1 Å². The molecular weight excluding hydrogens is 534 g/mol. The summed E-state index contributed by atoms with van der Waals surface area (Å²) in [5.74, 6) is -3.24. The molecule has 184 valence electrons. The molecule has 35 heavy (non-hydrogen) atoms. The summed E-state index contributed by atoms with van der Waals surface area (Å²) in [6.07, 6.45) is 2.76. The average molecular weight is 556 g/mol. The highest BCUT2D eigenvalue weighted by atomic mass is 35.5. The number of Topliss-reactive ketones (excluding diaryl/α,β-unsaturated/α-hetero) is 1. The largest absolute Gasteiger partial charge is 0.292 e. The number of carbonyl (C=O) groups is 4. The normalized spacial score (nSPS) is 20.5. The molecule has 1 aliphatic carbocycles. The minimum atomic E-state index is -1.22. The topological polar surface area (TPSA) is 74.8 Å². The van der Waals surface area contributed by atoms with E-state index in [0.717, 1.165) is 22.9 Å². The maximum absolute atomic E-state index is 13.9. The second kappa shape index (κ2) is 10.9. The number of rotatable bonds is 7. The zero-order valence-electron chi connectivity index (χ0n) is 18.6. The predicted octanol–water partition coefficient (Wildman–Crippen LogP) is 6.06. The van der Waals surface area contributed by atoms with Crippen molar-refractivity contribution in [3.63, 3.8) is 0 Å². The zero-order chi connectivity index (χ0) is 25.3. The minimum Gasteiger partial charge on any atom is -0.292 e. The Labute approximate surface area is 223 Å². The molecule has 0 aromatic heterocycles. The number of hydrazine groups is 1. The highest BCUT2D eigenvalue weighted by molar-refractivity contribution is 6.37. The molecular formula is C25H22Cl4N2O4. The van der Waals surface area contributed by atoms with Gasteiger partial charge >= 0.3 is 0 Å². The van der Waals surface area contributed by atoms with Crippen LogP contribution in [-0.2, 0) is 9.59 Å². The molecule has 1 aliphatic heterocycles. The van der Waals surface area contributed by atoms with Crippen LogP contribution in [-0.4, -0.2) is 45.4 Å². The van der Waals surface area contributed by atoms with Crippen LogP contribution in [0.25, 0.3) is 0 Å². The number of ketones is 1. The van der Waals surface area contributed by atoms with Gasteiger partial charge in [0.1, 0.15) is 6.04 Å². The third kappa shape index (κ3) is 5.08. The molecule has 0 spiro atoms. The van der Waals surface area contributed by atoms with Crippen molar-refractivity contribution in [1.82, 2.24) is 10.0 Å². The van der Waals surface area contributed by atoms with Gasteiger partial charge in [0.25, 0.3) is 17.7 Å². The summed E-state index contributed by atoms with van der Waals surface area (Å²) in [6, 6.07) is 9.20. The van der Waals surface area contributed by atoms with Gasteiger partial charge in [-0.05, 0) is 61.7 Å². The van der Waals surface area contributed by atoms with Crippen molar-refractivity contribution in [2.75, 3.05) is 5.88 Å². The Bertz CT molecular complexity index is 1150. The number of benzene rings is 2. The number of nitrogens with zero attached hydrogens (tertiary/aromatic N) is 2. The van der Waals surface area contributed by atoms with Crippen LogP contribution in [0.3, 0.4) is 0 Å². The number of amides is 3. The fourth-order valence-electron chi connectivity index (χ4n) is 4.79. The van der Waals surface area contributed by atoms with E-state index < -0.39 is 41.4 Å². The lowest BCUT2D eigenvalue weighted by Crippen LogP contribution is -2.57. The van der Waals surface area contributed by atoms with E-state index in [9.17, 15) is 19.2 Å². The molecule has 0 radical (unpaired) electrons. The van der Waals surface area contributed by atoms with Gasteiger partial charge in [-0.3, -0.25) is 19.2 Å². The van der Waals surface area contributed by atoms with Crippen LogP contribution in [0.4, 0.5) is 0 Å². The molecule has 4 rings (SSSR count). The van der Waals surface area contributed by atoms with E-state index >= 15 is 0 Å². The van der Waals surface area contributed by atoms with E-state index in [2.05, 4.69) is 0 Å². The number of hydrogen-bond donors (Lipinski definition) is 0. The first-order valence-corrected chi connectivity index (χ1v) is 12.9. The van der Waals surface area contributed by atoms with Crippen molar-refractivity contribution in [1.29, 1.82) is 0 Å². The van der Waals surface area contributed by atoms with Gasteiger partial charge in [-0.15, -0.1) is 11.6 Å². The molecule has 2 aromatic rings. The third-order valence-corrected chi connectivity index (χ3v) is 7.53. The van der Waals surface area contributed by atoms with E-state index in [4.69, 9.17) is 46.4 Å². The van der Waals surface area contributed by atoms with Gasteiger partial charge in [-0.25, -0.2) is 5.01 Å². The number of carbonyl (C=O) groups excluding carboxylic acids is 4. The fourth-order valence-corrected chi connectivity index (χ4v) is 5.61. The summed E-state index contributed by atoms with van der Waals surface area (Å²) >= 11 is 24.4. The van der Waals surface area contributed by atoms with Crippen molar-refractivity contribution < 1.29 is 19.2 Å². The smallest absolute Gasteiger partial charge is 0.275 e. The molecule has 1 saturated heterocycles. The summed E-state index contributed by atoms with van der Waals surface area (Å²) in [7, 11) is 0. The lowest BCUT2D eigenvalue weighted by atomic mass is 9.81. The Kier molecular flexibility index (Phi) is 8.06. The van der Waals surface area contributed by atoms with E-state index in [0.29, 0.717) is 22.9 Å². The first kappa shape index (κ1) is 26.0. The molecule has 10 heteroatoms. The quantitative estimate of drug-likeness (QED) is 0.236. The Morgan fingerprint density at radius 1 is 0.914 bits per heavy atom. The van der Waals surface area contributed by atoms with Crippen LogP contribution in [0.15, 0.2) is 42.5 Å². The molecule has 6 nitrogen and oxygen atoms in total. The maximum Gasteiger partial charge on any atom is 0.275 e. The van der Waals surface area contributed by atoms with Crippen LogP contribution in [0.5, 0.6) is 0 Å². The summed E-state index contributed by atoms with van der Waals surface area (Å²) in [6.45, 7) is 0. The predicted molar refractivity (Wildman–Crippen MR) is 135 cm³/mol. The molecule has 1 saturated carbocycles. The molecule has 3 amide bonds. The van der Waals surface area contributed by atoms with Gasteiger partial charge in [-0.2, -0.15) is 5.01 Å². The number of imide groups is 1. The van der Waals surface area contributed by atoms with Crippen LogP contribution >= 0.6 is 46.4 Å². The number of fused-ring (bicyclic) bond motifs is 1. The summed E-state index contributed by atoms with van der Waals surface area (Å²) in [5, 5.41) is 2.60. The first-order valence-electron chi connectivity index (χ1n) is 11.3. The molecule has 0 bridgehead atoms. The Balaban J connectivity index is 1.83. The summed E-state index contributed by atoms with van der Waals surface area (Å²) in [5.41, 5.74) is 0.274. The van der Waals surface area contributed by atoms with Crippen LogP contribution in [0, 0.1) is 11.8 Å². The maximum atomic E-state index is 13.9. The number of alkyl halides is 1. The third-order valence-electron chi connectivity index (χ3n) is 6.51. The zero-order valence-corrected chi connectivity index (χ0v) is 21.6. The van der Waals surface area contributed by atoms with Crippen molar-refractivity contribution in [2.45, 2.75) is 38.1 Å². The van der Waals surface area contributed by atoms with E-state index in [-0.39, 0.29) is 28.5 Å². The van der Waals surface area contributed by atoms with Gasteiger partial charge in [0.15, 0.2) is 5.78 Å². The molecule has 2 aromatic carbocycles. The van der Waals surface area contributed by atoms with Crippen LogP contribution in [0.2, 0.25) is 15.1 Å². The summed E-state index contributed by atoms with van der Waals surface area (Å²) in [4.78, 5) is 54.5. The van der Waals surface area contributed by atoms with Crippen molar-refractivity contribution >= 4 is 69.9 Å². The molecule has 3 atom stereocenters. The lowest BCUT2D eigenvalue weighted by Gasteiger charge is -2.36.